The predicted molar refractivity (Wildman–Crippen MR) is 71.9 cm³/mol. The SMILES string of the molecule is C=CC(=O)C[C@H](CC#N)CC(C)(C)[Si](C)(C)O. The van der Waals surface area contributed by atoms with Crippen LogP contribution in [0.5, 0.6) is 0 Å². The van der Waals surface area contributed by atoms with Crippen molar-refractivity contribution >= 4 is 14.1 Å². The molecular formula is C13H23NO2Si. The summed E-state index contributed by atoms with van der Waals surface area (Å²) in [4.78, 5) is 21.6. The molecule has 0 saturated carbocycles. The number of nitriles is 1. The Morgan fingerprint density at radius 3 is 2.47 bits per heavy atom. The van der Waals surface area contributed by atoms with Gasteiger partial charge in [0.25, 0.3) is 0 Å². The first-order valence-corrected chi connectivity index (χ1v) is 8.83. The van der Waals surface area contributed by atoms with Crippen molar-refractivity contribution in [1.82, 2.24) is 0 Å². The van der Waals surface area contributed by atoms with Crippen LogP contribution in [0.25, 0.3) is 0 Å². The van der Waals surface area contributed by atoms with E-state index in [1.165, 1.54) is 6.08 Å². The largest absolute Gasteiger partial charge is 0.432 e. The van der Waals surface area contributed by atoms with Gasteiger partial charge in [0, 0.05) is 12.8 Å². The Bertz CT molecular complexity index is 323. The van der Waals surface area contributed by atoms with Crippen LogP contribution in [-0.4, -0.2) is 18.9 Å². The molecule has 0 saturated heterocycles. The Kier molecular flexibility index (Phi) is 5.80. The van der Waals surface area contributed by atoms with Gasteiger partial charge in [0.1, 0.15) is 0 Å². The first-order valence-electron chi connectivity index (χ1n) is 5.88. The van der Waals surface area contributed by atoms with Gasteiger partial charge in [0.15, 0.2) is 14.1 Å². The molecule has 0 aliphatic heterocycles. The summed E-state index contributed by atoms with van der Waals surface area (Å²) < 4.78 is 0. The number of hydrogen-bond donors (Lipinski definition) is 1. The average Bonchev–Trinajstić information content (AvgIpc) is 2.15. The number of allylic oxidation sites excluding steroid dienone is 1. The third-order valence-electron chi connectivity index (χ3n) is 3.55. The molecule has 96 valence electrons. The van der Waals surface area contributed by atoms with Crippen LogP contribution < -0.4 is 0 Å². The molecule has 0 fully saturated rings. The van der Waals surface area contributed by atoms with Crippen molar-refractivity contribution in [1.29, 1.82) is 5.26 Å². The molecule has 0 heterocycles. The Balaban J connectivity index is 4.71. The lowest BCUT2D eigenvalue weighted by Gasteiger charge is -2.37. The minimum atomic E-state index is -2.28. The van der Waals surface area contributed by atoms with E-state index in [1.807, 2.05) is 26.9 Å². The Labute approximate surface area is 105 Å². The molecule has 0 aliphatic rings. The molecule has 0 unspecified atom stereocenters. The van der Waals surface area contributed by atoms with Crippen LogP contribution in [0.3, 0.4) is 0 Å². The van der Waals surface area contributed by atoms with E-state index < -0.39 is 8.32 Å². The smallest absolute Gasteiger partial charge is 0.188 e. The molecule has 0 rings (SSSR count). The maximum Gasteiger partial charge on any atom is 0.188 e. The number of hydrogen-bond acceptors (Lipinski definition) is 3. The standard InChI is InChI=1S/C13H23NO2Si/c1-6-12(15)9-11(7-8-14)10-13(2,3)17(4,5)16/h6,11,16H,1,7,9-10H2,2-5H3/t11-/m0/s1. The second-order valence-corrected chi connectivity index (χ2v) is 10.2. The van der Waals surface area contributed by atoms with Gasteiger partial charge in [0.05, 0.1) is 6.07 Å². The van der Waals surface area contributed by atoms with Gasteiger partial charge in [-0.1, -0.05) is 20.4 Å². The summed E-state index contributed by atoms with van der Waals surface area (Å²) in [6.07, 6.45) is 2.72. The average molecular weight is 253 g/mol. The van der Waals surface area contributed by atoms with Crippen molar-refractivity contribution in [3.8, 4) is 6.07 Å². The van der Waals surface area contributed by atoms with E-state index in [0.717, 1.165) is 0 Å². The van der Waals surface area contributed by atoms with Crippen molar-refractivity contribution in [3.63, 3.8) is 0 Å². The summed E-state index contributed by atoms with van der Waals surface area (Å²) >= 11 is 0. The highest BCUT2D eigenvalue weighted by Gasteiger charge is 2.39. The second kappa shape index (κ2) is 6.13. The van der Waals surface area contributed by atoms with Crippen LogP contribution in [-0.2, 0) is 4.79 Å². The Hall–Kier alpha value is -0.923. The van der Waals surface area contributed by atoms with E-state index >= 15 is 0 Å². The fourth-order valence-electron chi connectivity index (χ4n) is 1.68. The predicted octanol–water partition coefficient (Wildman–Crippen LogP) is 3.03. The number of rotatable bonds is 7. The third kappa shape index (κ3) is 5.29. The zero-order chi connectivity index (χ0) is 13.7. The molecule has 0 aromatic carbocycles. The van der Waals surface area contributed by atoms with E-state index in [4.69, 9.17) is 5.26 Å². The normalized spacial score (nSPS) is 13.9. The monoisotopic (exact) mass is 253 g/mol. The minimum Gasteiger partial charge on any atom is -0.432 e. The van der Waals surface area contributed by atoms with Crippen LogP contribution >= 0.6 is 0 Å². The third-order valence-corrected chi connectivity index (χ3v) is 7.07. The second-order valence-electron chi connectivity index (χ2n) is 5.75. The number of ketones is 1. The van der Waals surface area contributed by atoms with Crippen molar-refractivity contribution in [2.24, 2.45) is 5.92 Å². The quantitative estimate of drug-likeness (QED) is 0.560. The fourth-order valence-corrected chi connectivity index (χ4v) is 2.47. The lowest BCUT2D eigenvalue weighted by molar-refractivity contribution is -0.115. The highest BCUT2D eigenvalue weighted by Crippen LogP contribution is 2.42. The first-order chi connectivity index (χ1) is 7.64. The van der Waals surface area contributed by atoms with Crippen LogP contribution in [0.15, 0.2) is 12.7 Å². The summed E-state index contributed by atoms with van der Waals surface area (Å²) in [5.74, 6) is -0.0158. The molecule has 0 aromatic heterocycles. The van der Waals surface area contributed by atoms with Crippen LogP contribution in [0.2, 0.25) is 18.1 Å². The molecule has 4 heteroatoms. The van der Waals surface area contributed by atoms with E-state index in [2.05, 4.69) is 12.6 Å². The summed E-state index contributed by atoms with van der Waals surface area (Å²) in [7, 11) is -2.28. The summed E-state index contributed by atoms with van der Waals surface area (Å²) in [5.41, 5.74) is 0. The number of carbonyl (C=O) groups is 1. The van der Waals surface area contributed by atoms with Crippen molar-refractivity contribution in [2.45, 2.75) is 51.2 Å². The van der Waals surface area contributed by atoms with Gasteiger partial charge in [-0.15, -0.1) is 0 Å². The maximum atomic E-state index is 11.4. The Morgan fingerprint density at radius 1 is 1.59 bits per heavy atom. The molecule has 0 amide bonds. The molecule has 0 aliphatic carbocycles. The van der Waals surface area contributed by atoms with Crippen LogP contribution in [0.1, 0.15) is 33.1 Å². The lowest BCUT2D eigenvalue weighted by Crippen LogP contribution is -2.40. The van der Waals surface area contributed by atoms with Gasteiger partial charge in [-0.05, 0) is 36.5 Å². The van der Waals surface area contributed by atoms with Gasteiger partial charge in [-0.2, -0.15) is 5.26 Å². The summed E-state index contributed by atoms with van der Waals surface area (Å²) in [5, 5.41) is 8.59. The zero-order valence-corrected chi connectivity index (χ0v) is 12.3. The van der Waals surface area contributed by atoms with Crippen LogP contribution in [0.4, 0.5) is 0 Å². The van der Waals surface area contributed by atoms with Crippen molar-refractivity contribution < 1.29 is 9.59 Å². The van der Waals surface area contributed by atoms with E-state index in [-0.39, 0.29) is 16.7 Å². The van der Waals surface area contributed by atoms with E-state index in [1.54, 1.807) is 0 Å². The lowest BCUT2D eigenvalue weighted by atomic mass is 9.89. The van der Waals surface area contributed by atoms with Crippen molar-refractivity contribution in [3.05, 3.63) is 12.7 Å². The van der Waals surface area contributed by atoms with Gasteiger partial charge in [-0.25, -0.2) is 0 Å². The van der Waals surface area contributed by atoms with Gasteiger partial charge in [-0.3, -0.25) is 4.79 Å². The fraction of sp³-hybridized carbons (Fsp3) is 0.692. The van der Waals surface area contributed by atoms with Gasteiger partial charge < -0.3 is 4.80 Å². The van der Waals surface area contributed by atoms with E-state index in [0.29, 0.717) is 19.3 Å². The Morgan fingerprint density at radius 2 is 2.12 bits per heavy atom. The molecule has 0 aromatic rings. The number of nitrogens with zero attached hydrogens (tertiary/aromatic N) is 1. The molecule has 3 nitrogen and oxygen atoms in total. The van der Waals surface area contributed by atoms with E-state index in [9.17, 15) is 9.59 Å². The summed E-state index contributed by atoms with van der Waals surface area (Å²) in [6, 6.07) is 2.12. The highest BCUT2D eigenvalue weighted by atomic mass is 28.4. The molecule has 17 heavy (non-hydrogen) atoms. The molecule has 0 spiro atoms. The van der Waals surface area contributed by atoms with Crippen LogP contribution in [0, 0.1) is 17.2 Å². The van der Waals surface area contributed by atoms with Gasteiger partial charge in [0.2, 0.25) is 0 Å². The van der Waals surface area contributed by atoms with Crippen molar-refractivity contribution in [2.75, 3.05) is 0 Å². The minimum absolute atomic E-state index is 0.0134. The maximum absolute atomic E-state index is 11.4. The molecule has 0 bridgehead atoms. The summed E-state index contributed by atoms with van der Waals surface area (Å²) in [6.45, 7) is 11.3. The molecule has 1 N–H and O–H groups in total. The molecular weight excluding hydrogens is 230 g/mol. The molecule has 1 atom stereocenters. The van der Waals surface area contributed by atoms with Gasteiger partial charge >= 0.3 is 0 Å². The molecule has 0 radical (unpaired) electrons. The number of carbonyl (C=O) groups excluding carboxylic acids is 1. The zero-order valence-electron chi connectivity index (χ0n) is 11.3. The topological polar surface area (TPSA) is 61.1 Å². The first kappa shape index (κ1) is 16.1. The highest BCUT2D eigenvalue weighted by molar-refractivity contribution is 6.72.